The molecule has 0 amide bonds. The van der Waals surface area contributed by atoms with E-state index in [1.54, 1.807) is 0 Å². The first kappa shape index (κ1) is 17.8. The zero-order valence-electron chi connectivity index (χ0n) is 12.7. The first-order valence-corrected chi connectivity index (χ1v) is 7.25. The number of fused-ring (bicyclic) bond motifs is 1. The maximum absolute atomic E-state index is 5.80. The minimum atomic E-state index is 0. The number of hydrogen-bond acceptors (Lipinski definition) is 1. The van der Waals surface area contributed by atoms with Gasteiger partial charge in [-0.2, -0.15) is 0 Å². The highest BCUT2D eigenvalue weighted by atomic mass is 127. The van der Waals surface area contributed by atoms with Gasteiger partial charge in [-0.3, -0.25) is 4.99 Å². The second kappa shape index (κ2) is 8.92. The van der Waals surface area contributed by atoms with Gasteiger partial charge in [-0.05, 0) is 30.4 Å². The largest absolute Gasteiger partial charge is 0.370 e. The molecule has 0 aliphatic rings. The van der Waals surface area contributed by atoms with Crippen LogP contribution >= 0.6 is 24.0 Å². The van der Waals surface area contributed by atoms with Crippen LogP contribution in [0, 0.1) is 5.92 Å². The molecule has 0 atom stereocenters. The number of guanidine groups is 1. The summed E-state index contributed by atoms with van der Waals surface area (Å²) in [5, 5.41) is 4.48. The lowest BCUT2D eigenvalue weighted by Gasteiger charge is -2.06. The molecule has 5 heteroatoms. The van der Waals surface area contributed by atoms with Gasteiger partial charge in [0.2, 0.25) is 0 Å². The molecule has 1 aromatic heterocycles. The number of halogens is 1. The molecule has 0 spiro atoms. The fourth-order valence-electron chi connectivity index (χ4n) is 2.17. The lowest BCUT2D eigenvalue weighted by atomic mass is 10.1. The van der Waals surface area contributed by atoms with Gasteiger partial charge in [0.05, 0.1) is 0 Å². The Morgan fingerprint density at radius 3 is 2.86 bits per heavy atom. The number of nitrogens with zero attached hydrogens (tertiary/aromatic N) is 1. The third-order valence-electron chi connectivity index (χ3n) is 3.23. The van der Waals surface area contributed by atoms with E-state index >= 15 is 0 Å². The number of hydrogen-bond donors (Lipinski definition) is 3. The van der Waals surface area contributed by atoms with Gasteiger partial charge in [0.1, 0.15) is 0 Å². The zero-order valence-corrected chi connectivity index (χ0v) is 15.1. The third-order valence-corrected chi connectivity index (χ3v) is 3.23. The van der Waals surface area contributed by atoms with Crippen molar-refractivity contribution in [1.29, 1.82) is 0 Å². The number of H-pyrrole nitrogens is 1. The lowest BCUT2D eigenvalue weighted by molar-refractivity contribution is 0.659. The molecule has 0 unspecified atom stereocenters. The van der Waals surface area contributed by atoms with Crippen LogP contribution in [0.1, 0.15) is 25.8 Å². The molecule has 2 rings (SSSR count). The summed E-state index contributed by atoms with van der Waals surface area (Å²) in [4.78, 5) is 7.59. The molecule has 0 saturated heterocycles. The SMILES string of the molecule is CC(C)CN=C(N)NCCCc1c[nH]c2ccccc12.I. The highest BCUT2D eigenvalue weighted by Gasteiger charge is 2.02. The highest BCUT2D eigenvalue weighted by molar-refractivity contribution is 14.0. The highest BCUT2D eigenvalue weighted by Crippen LogP contribution is 2.18. The normalized spacial score (nSPS) is 11.7. The Balaban J connectivity index is 0.00000220. The Bertz CT molecular complexity index is 574. The fraction of sp³-hybridized carbons (Fsp3) is 0.438. The predicted octanol–water partition coefficient (Wildman–Crippen LogP) is 3.28. The molecule has 116 valence electrons. The molecule has 21 heavy (non-hydrogen) atoms. The minimum Gasteiger partial charge on any atom is -0.370 e. The molecule has 4 N–H and O–H groups in total. The number of para-hydroxylation sites is 1. The van der Waals surface area contributed by atoms with Crippen LogP contribution in [0.25, 0.3) is 10.9 Å². The van der Waals surface area contributed by atoms with Crippen molar-refractivity contribution in [3.8, 4) is 0 Å². The summed E-state index contributed by atoms with van der Waals surface area (Å²) in [5.41, 5.74) is 8.37. The van der Waals surface area contributed by atoms with Gasteiger partial charge in [-0.1, -0.05) is 32.0 Å². The summed E-state index contributed by atoms with van der Waals surface area (Å²) in [6.07, 6.45) is 4.18. The molecule has 0 radical (unpaired) electrons. The average molecular weight is 400 g/mol. The van der Waals surface area contributed by atoms with E-state index in [9.17, 15) is 0 Å². The first-order chi connectivity index (χ1) is 9.66. The second-order valence-electron chi connectivity index (χ2n) is 5.51. The molecule has 0 aliphatic heterocycles. The Hall–Kier alpha value is -1.24. The van der Waals surface area contributed by atoms with Crippen molar-refractivity contribution in [3.05, 3.63) is 36.0 Å². The standard InChI is InChI=1S/C16H24N4.HI/c1-12(2)10-20-16(17)18-9-5-6-13-11-19-15-8-4-3-7-14(13)15;/h3-4,7-8,11-12,19H,5-6,9-10H2,1-2H3,(H3,17,18,20);1H. The van der Waals surface area contributed by atoms with Crippen molar-refractivity contribution in [2.24, 2.45) is 16.6 Å². The quantitative estimate of drug-likeness (QED) is 0.302. The van der Waals surface area contributed by atoms with Crippen LogP contribution in [0.2, 0.25) is 0 Å². The summed E-state index contributed by atoms with van der Waals surface area (Å²) in [6, 6.07) is 8.39. The van der Waals surface area contributed by atoms with Crippen LogP contribution in [0.3, 0.4) is 0 Å². The number of aromatic nitrogens is 1. The molecule has 0 bridgehead atoms. The number of benzene rings is 1. The summed E-state index contributed by atoms with van der Waals surface area (Å²) in [6.45, 7) is 5.90. The van der Waals surface area contributed by atoms with Crippen molar-refractivity contribution < 1.29 is 0 Å². The van der Waals surface area contributed by atoms with Crippen molar-refractivity contribution >= 4 is 40.8 Å². The number of aromatic amines is 1. The van der Waals surface area contributed by atoms with Gasteiger partial charge in [-0.25, -0.2) is 0 Å². The maximum Gasteiger partial charge on any atom is 0.188 e. The van der Waals surface area contributed by atoms with E-state index in [4.69, 9.17) is 5.73 Å². The number of nitrogens with one attached hydrogen (secondary N) is 2. The number of aryl methyl sites for hydroxylation is 1. The molecular formula is C16H25IN4. The summed E-state index contributed by atoms with van der Waals surface area (Å²) < 4.78 is 0. The molecule has 1 heterocycles. The van der Waals surface area contributed by atoms with Crippen LogP contribution in [-0.4, -0.2) is 24.0 Å². The smallest absolute Gasteiger partial charge is 0.188 e. The molecule has 0 saturated carbocycles. The van der Waals surface area contributed by atoms with Gasteiger partial charge in [-0.15, -0.1) is 24.0 Å². The number of aliphatic imine (C=N–C) groups is 1. The molecular weight excluding hydrogens is 375 g/mol. The fourth-order valence-corrected chi connectivity index (χ4v) is 2.17. The Morgan fingerprint density at radius 2 is 2.10 bits per heavy atom. The average Bonchev–Trinajstić information content (AvgIpc) is 2.85. The van der Waals surface area contributed by atoms with Crippen LogP contribution in [0.4, 0.5) is 0 Å². The van der Waals surface area contributed by atoms with Gasteiger partial charge in [0.15, 0.2) is 5.96 Å². The molecule has 4 nitrogen and oxygen atoms in total. The van der Waals surface area contributed by atoms with Crippen molar-refractivity contribution in [3.63, 3.8) is 0 Å². The van der Waals surface area contributed by atoms with Gasteiger partial charge in [0, 0.05) is 30.2 Å². The second-order valence-corrected chi connectivity index (χ2v) is 5.51. The van der Waals surface area contributed by atoms with E-state index < -0.39 is 0 Å². The van der Waals surface area contributed by atoms with E-state index in [2.05, 4.69) is 59.6 Å². The van der Waals surface area contributed by atoms with Crippen molar-refractivity contribution in [2.45, 2.75) is 26.7 Å². The van der Waals surface area contributed by atoms with Gasteiger partial charge in [0.25, 0.3) is 0 Å². The topological polar surface area (TPSA) is 66.2 Å². The maximum atomic E-state index is 5.80. The van der Waals surface area contributed by atoms with Crippen LogP contribution in [0.15, 0.2) is 35.5 Å². The van der Waals surface area contributed by atoms with Crippen LogP contribution in [0.5, 0.6) is 0 Å². The Labute approximate surface area is 143 Å². The Morgan fingerprint density at radius 1 is 1.33 bits per heavy atom. The molecule has 0 fully saturated rings. The third kappa shape index (κ3) is 5.57. The van der Waals surface area contributed by atoms with E-state index in [1.165, 1.54) is 16.5 Å². The monoisotopic (exact) mass is 400 g/mol. The Kier molecular flexibility index (Phi) is 7.56. The molecule has 0 aliphatic carbocycles. The first-order valence-electron chi connectivity index (χ1n) is 7.25. The molecule has 1 aromatic carbocycles. The summed E-state index contributed by atoms with van der Waals surface area (Å²) >= 11 is 0. The lowest BCUT2D eigenvalue weighted by Crippen LogP contribution is -2.33. The van der Waals surface area contributed by atoms with E-state index in [0.29, 0.717) is 11.9 Å². The predicted molar refractivity (Wildman–Crippen MR) is 101 cm³/mol. The minimum absolute atomic E-state index is 0. The van der Waals surface area contributed by atoms with E-state index in [1.807, 2.05) is 0 Å². The summed E-state index contributed by atoms with van der Waals surface area (Å²) in [7, 11) is 0. The van der Waals surface area contributed by atoms with Crippen LogP contribution in [-0.2, 0) is 6.42 Å². The van der Waals surface area contributed by atoms with Gasteiger partial charge < -0.3 is 16.0 Å². The zero-order chi connectivity index (χ0) is 14.4. The van der Waals surface area contributed by atoms with E-state index in [0.717, 1.165) is 25.9 Å². The van der Waals surface area contributed by atoms with Gasteiger partial charge >= 0.3 is 0 Å². The summed E-state index contributed by atoms with van der Waals surface area (Å²) in [5.74, 6) is 1.10. The van der Waals surface area contributed by atoms with Crippen LogP contribution < -0.4 is 11.1 Å². The molecule has 2 aromatic rings. The van der Waals surface area contributed by atoms with E-state index in [-0.39, 0.29) is 24.0 Å². The van der Waals surface area contributed by atoms with Crippen molar-refractivity contribution in [1.82, 2.24) is 10.3 Å². The van der Waals surface area contributed by atoms with Crippen molar-refractivity contribution in [2.75, 3.05) is 13.1 Å². The number of nitrogens with two attached hydrogens (primary N) is 1. The number of rotatable bonds is 6.